The molecule has 0 spiro atoms. The summed E-state index contributed by atoms with van der Waals surface area (Å²) in [4.78, 5) is 11.3. The fraction of sp³-hybridized carbons (Fsp3) is 0.500. The quantitative estimate of drug-likeness (QED) is 0.814. The minimum absolute atomic E-state index is 0.102. The third kappa shape index (κ3) is 2.43. The number of hydrogen-bond acceptors (Lipinski definition) is 3. The van der Waals surface area contributed by atoms with Gasteiger partial charge in [-0.25, -0.2) is 0 Å². The Hall–Kier alpha value is -1.51. The molecule has 0 saturated heterocycles. The van der Waals surface area contributed by atoms with Gasteiger partial charge in [0.1, 0.15) is 0 Å². The van der Waals surface area contributed by atoms with Crippen molar-refractivity contribution in [1.82, 2.24) is 0 Å². The summed E-state index contributed by atoms with van der Waals surface area (Å²) >= 11 is 0. The average Bonchev–Trinajstić information content (AvgIpc) is 2.26. The van der Waals surface area contributed by atoms with Crippen LogP contribution in [0, 0.1) is 0 Å². The molecule has 0 radical (unpaired) electrons. The number of phenolic OH excluding ortho intramolecular Hbond substituents is 1. The monoisotopic (exact) mass is 236 g/mol. The van der Waals surface area contributed by atoms with Gasteiger partial charge in [0.15, 0.2) is 17.8 Å². The lowest BCUT2D eigenvalue weighted by Crippen LogP contribution is -2.05. The number of ether oxygens (including phenoxy) is 1. The van der Waals surface area contributed by atoms with Crippen LogP contribution in [0.3, 0.4) is 0 Å². The van der Waals surface area contributed by atoms with Crippen molar-refractivity contribution in [3.8, 4) is 11.5 Å². The molecule has 0 fully saturated rings. The van der Waals surface area contributed by atoms with Gasteiger partial charge in [-0.2, -0.15) is 0 Å². The molecule has 0 saturated carbocycles. The first-order valence-corrected chi connectivity index (χ1v) is 5.82. The summed E-state index contributed by atoms with van der Waals surface area (Å²) < 4.78 is 5.21. The molecule has 1 N–H and O–H groups in total. The van der Waals surface area contributed by atoms with E-state index in [9.17, 15) is 9.90 Å². The summed E-state index contributed by atoms with van der Waals surface area (Å²) in [6.45, 7) is 7.96. The van der Waals surface area contributed by atoms with Crippen molar-refractivity contribution in [3.63, 3.8) is 0 Å². The maximum absolute atomic E-state index is 11.3. The Morgan fingerprint density at radius 2 is 1.82 bits per heavy atom. The second-order valence-electron chi connectivity index (χ2n) is 4.77. The van der Waals surface area contributed by atoms with Crippen LogP contribution >= 0.6 is 0 Å². The first kappa shape index (κ1) is 13.6. The zero-order chi connectivity index (χ0) is 13.2. The summed E-state index contributed by atoms with van der Waals surface area (Å²) in [7, 11) is 1.50. The summed E-state index contributed by atoms with van der Waals surface area (Å²) in [5, 5.41) is 9.95. The van der Waals surface area contributed by atoms with Crippen LogP contribution in [0.2, 0.25) is 0 Å². The molecule has 0 amide bonds. The van der Waals surface area contributed by atoms with Crippen molar-refractivity contribution in [2.24, 2.45) is 0 Å². The topological polar surface area (TPSA) is 46.5 Å². The van der Waals surface area contributed by atoms with E-state index in [1.54, 1.807) is 6.07 Å². The minimum atomic E-state index is 0.102. The second-order valence-corrected chi connectivity index (χ2v) is 4.77. The Morgan fingerprint density at radius 1 is 1.24 bits per heavy atom. The van der Waals surface area contributed by atoms with Gasteiger partial charge in [0.05, 0.1) is 7.11 Å². The first-order chi connectivity index (χ1) is 7.93. The van der Waals surface area contributed by atoms with Crippen LogP contribution in [0.1, 0.15) is 61.0 Å². The molecule has 0 bridgehead atoms. The molecular formula is C14H20O3. The highest BCUT2D eigenvalue weighted by Gasteiger charge is 2.21. The van der Waals surface area contributed by atoms with Crippen molar-refractivity contribution in [2.75, 3.05) is 7.11 Å². The van der Waals surface area contributed by atoms with Crippen molar-refractivity contribution >= 4 is 6.29 Å². The minimum Gasteiger partial charge on any atom is -0.504 e. The van der Waals surface area contributed by atoms with Crippen LogP contribution in [0.25, 0.3) is 0 Å². The molecule has 0 unspecified atom stereocenters. The van der Waals surface area contributed by atoms with E-state index in [4.69, 9.17) is 4.74 Å². The van der Waals surface area contributed by atoms with E-state index in [-0.39, 0.29) is 17.6 Å². The van der Waals surface area contributed by atoms with Crippen LogP contribution in [0.4, 0.5) is 0 Å². The van der Waals surface area contributed by atoms with Gasteiger partial charge < -0.3 is 9.84 Å². The number of methoxy groups -OCH3 is 1. The van der Waals surface area contributed by atoms with E-state index in [0.29, 0.717) is 11.3 Å². The predicted octanol–water partition coefficient (Wildman–Crippen LogP) is 3.46. The summed E-state index contributed by atoms with van der Waals surface area (Å²) in [5.41, 5.74) is 2.29. The molecule has 1 aromatic rings. The number of rotatable bonds is 4. The molecule has 94 valence electrons. The highest BCUT2D eigenvalue weighted by molar-refractivity contribution is 5.83. The number of benzene rings is 1. The van der Waals surface area contributed by atoms with E-state index < -0.39 is 0 Å². The van der Waals surface area contributed by atoms with Gasteiger partial charge in [0.25, 0.3) is 0 Å². The van der Waals surface area contributed by atoms with Crippen LogP contribution in [0.15, 0.2) is 6.07 Å². The molecular weight excluding hydrogens is 216 g/mol. The lowest BCUT2D eigenvalue weighted by atomic mass is 9.88. The van der Waals surface area contributed by atoms with Gasteiger partial charge in [-0.1, -0.05) is 27.7 Å². The molecule has 3 heteroatoms. The van der Waals surface area contributed by atoms with Crippen LogP contribution < -0.4 is 4.74 Å². The average molecular weight is 236 g/mol. The lowest BCUT2D eigenvalue weighted by molar-refractivity contribution is 0.112. The number of phenols is 1. The number of hydrogen-bond donors (Lipinski definition) is 1. The molecule has 0 atom stereocenters. The van der Waals surface area contributed by atoms with Crippen LogP contribution in [-0.4, -0.2) is 18.5 Å². The van der Waals surface area contributed by atoms with Crippen LogP contribution in [-0.2, 0) is 0 Å². The zero-order valence-corrected chi connectivity index (χ0v) is 11.1. The highest BCUT2D eigenvalue weighted by atomic mass is 16.5. The highest BCUT2D eigenvalue weighted by Crippen LogP contribution is 2.40. The Morgan fingerprint density at radius 3 is 2.18 bits per heavy atom. The lowest BCUT2D eigenvalue weighted by Gasteiger charge is -2.20. The Balaban J connectivity index is 3.65. The van der Waals surface area contributed by atoms with Crippen molar-refractivity contribution in [1.29, 1.82) is 0 Å². The van der Waals surface area contributed by atoms with E-state index >= 15 is 0 Å². The van der Waals surface area contributed by atoms with Gasteiger partial charge in [0, 0.05) is 11.1 Å². The Labute approximate surface area is 102 Å². The SMILES string of the molecule is COc1c(O)cc(C(C)C)c(C=O)c1C(C)C. The fourth-order valence-corrected chi connectivity index (χ4v) is 2.10. The molecule has 0 aliphatic rings. The molecule has 1 rings (SSSR count). The predicted molar refractivity (Wildman–Crippen MR) is 68.2 cm³/mol. The molecule has 1 aromatic carbocycles. The second kappa shape index (κ2) is 5.21. The van der Waals surface area contributed by atoms with Crippen molar-refractivity contribution < 1.29 is 14.6 Å². The molecule has 0 heterocycles. The molecule has 0 aliphatic heterocycles. The standard InChI is InChI=1S/C14H20O3/c1-8(2)10-6-12(16)14(17-5)13(9(3)4)11(10)7-15/h6-9,16H,1-5H3. The van der Waals surface area contributed by atoms with E-state index in [2.05, 4.69) is 0 Å². The van der Waals surface area contributed by atoms with Crippen molar-refractivity contribution in [3.05, 3.63) is 22.8 Å². The largest absolute Gasteiger partial charge is 0.504 e. The third-order valence-corrected chi connectivity index (χ3v) is 2.89. The van der Waals surface area contributed by atoms with Gasteiger partial charge in [0.2, 0.25) is 0 Å². The van der Waals surface area contributed by atoms with E-state index in [0.717, 1.165) is 17.4 Å². The van der Waals surface area contributed by atoms with Gasteiger partial charge >= 0.3 is 0 Å². The molecule has 17 heavy (non-hydrogen) atoms. The van der Waals surface area contributed by atoms with E-state index in [1.165, 1.54) is 7.11 Å². The van der Waals surface area contributed by atoms with Crippen LogP contribution in [0.5, 0.6) is 11.5 Å². The Kier molecular flexibility index (Phi) is 4.16. The summed E-state index contributed by atoms with van der Waals surface area (Å²) in [6, 6.07) is 1.62. The van der Waals surface area contributed by atoms with E-state index in [1.807, 2.05) is 27.7 Å². The maximum Gasteiger partial charge on any atom is 0.164 e. The number of carbonyl (C=O) groups excluding carboxylic acids is 1. The fourth-order valence-electron chi connectivity index (χ4n) is 2.10. The maximum atomic E-state index is 11.3. The Bertz CT molecular complexity index is 420. The molecule has 0 aliphatic carbocycles. The smallest absolute Gasteiger partial charge is 0.164 e. The third-order valence-electron chi connectivity index (χ3n) is 2.89. The molecule has 0 aromatic heterocycles. The number of aromatic hydroxyl groups is 1. The van der Waals surface area contributed by atoms with Crippen molar-refractivity contribution in [2.45, 2.75) is 39.5 Å². The molecule has 3 nitrogen and oxygen atoms in total. The van der Waals surface area contributed by atoms with Gasteiger partial charge in [-0.05, 0) is 23.5 Å². The first-order valence-electron chi connectivity index (χ1n) is 5.82. The normalized spacial score (nSPS) is 11.0. The number of carbonyl (C=O) groups is 1. The zero-order valence-electron chi connectivity index (χ0n) is 11.1. The van der Waals surface area contributed by atoms with Gasteiger partial charge in [-0.15, -0.1) is 0 Å². The summed E-state index contributed by atoms with van der Waals surface area (Å²) in [5.74, 6) is 0.816. The number of aldehydes is 1. The summed E-state index contributed by atoms with van der Waals surface area (Å²) in [6.07, 6.45) is 0.854. The van der Waals surface area contributed by atoms with Gasteiger partial charge in [-0.3, -0.25) is 4.79 Å².